The molecule has 0 fully saturated rings. The van der Waals surface area contributed by atoms with Crippen molar-refractivity contribution >= 4 is 0 Å². The zero-order valence-corrected chi connectivity index (χ0v) is 8.83. The van der Waals surface area contributed by atoms with Crippen molar-refractivity contribution in [1.82, 2.24) is 9.78 Å². The van der Waals surface area contributed by atoms with Gasteiger partial charge in [0.2, 0.25) is 5.89 Å². The highest BCUT2D eigenvalue weighted by Gasteiger charge is 2.09. The van der Waals surface area contributed by atoms with Crippen molar-refractivity contribution in [3.8, 4) is 17.1 Å². The van der Waals surface area contributed by atoms with Gasteiger partial charge in [-0.3, -0.25) is 0 Å². The fourth-order valence-electron chi connectivity index (χ4n) is 1.54. The maximum Gasteiger partial charge on any atom is 0.317 e. The summed E-state index contributed by atoms with van der Waals surface area (Å²) in [5.41, 5.74) is 1.47. The lowest BCUT2D eigenvalue weighted by Gasteiger charge is -1.92. The highest BCUT2D eigenvalue weighted by Crippen LogP contribution is 2.15. The predicted molar refractivity (Wildman–Crippen MR) is 59.4 cm³/mol. The summed E-state index contributed by atoms with van der Waals surface area (Å²) in [6.45, 7) is 0. The maximum absolute atomic E-state index is 7.71. The number of furan rings is 1. The fraction of sp³-hybridized carbons (Fsp3) is 0. The molecule has 0 aliphatic heterocycles. The number of benzene rings is 1. The molecule has 3 rings (SSSR count). The average molecular weight is 227 g/mol. The molecule has 2 heterocycles. The summed E-state index contributed by atoms with van der Waals surface area (Å²) in [6, 6.07) is 11.2. The fourth-order valence-corrected chi connectivity index (χ4v) is 1.54. The zero-order valence-electron chi connectivity index (χ0n) is 8.83. The SMILES string of the molecule is N=c1oc(-c2ccccc2)nn1-c1ccoc1. The second-order valence-electron chi connectivity index (χ2n) is 3.47. The molecular weight excluding hydrogens is 218 g/mol. The standard InChI is InChI=1S/C12H9N3O2/c13-12-15(10-6-7-16-8-10)14-11(17-12)9-4-2-1-3-5-9/h1-8,13H. The highest BCUT2D eigenvalue weighted by atomic mass is 16.4. The molecule has 5 nitrogen and oxygen atoms in total. The molecule has 0 spiro atoms. The topological polar surface area (TPSA) is 68.0 Å². The summed E-state index contributed by atoms with van der Waals surface area (Å²) in [7, 11) is 0. The molecule has 3 aromatic rings. The van der Waals surface area contributed by atoms with Crippen molar-refractivity contribution in [3.63, 3.8) is 0 Å². The lowest BCUT2D eigenvalue weighted by Crippen LogP contribution is -2.12. The van der Waals surface area contributed by atoms with Gasteiger partial charge in [0, 0.05) is 11.6 Å². The van der Waals surface area contributed by atoms with Crippen LogP contribution in [0.15, 0.2) is 57.8 Å². The Hall–Kier alpha value is -2.56. The molecule has 1 N–H and O–H groups in total. The number of hydrogen-bond donors (Lipinski definition) is 1. The molecule has 0 radical (unpaired) electrons. The first-order chi connectivity index (χ1) is 8.34. The van der Waals surface area contributed by atoms with Crippen LogP contribution in [0.1, 0.15) is 0 Å². The molecule has 84 valence electrons. The molecule has 0 amide bonds. The molecule has 0 saturated carbocycles. The van der Waals surface area contributed by atoms with E-state index in [4.69, 9.17) is 14.2 Å². The highest BCUT2D eigenvalue weighted by molar-refractivity contribution is 5.51. The van der Waals surface area contributed by atoms with Gasteiger partial charge >= 0.3 is 5.68 Å². The van der Waals surface area contributed by atoms with E-state index in [0.29, 0.717) is 11.6 Å². The van der Waals surface area contributed by atoms with Gasteiger partial charge in [-0.15, -0.1) is 5.10 Å². The van der Waals surface area contributed by atoms with Crippen molar-refractivity contribution < 1.29 is 8.83 Å². The van der Waals surface area contributed by atoms with Crippen LogP contribution < -0.4 is 5.68 Å². The van der Waals surface area contributed by atoms with Crippen LogP contribution in [0, 0.1) is 5.41 Å². The molecule has 1 aromatic carbocycles. The van der Waals surface area contributed by atoms with Crippen molar-refractivity contribution in [1.29, 1.82) is 5.41 Å². The minimum atomic E-state index is -0.0368. The Kier molecular flexibility index (Phi) is 2.15. The monoisotopic (exact) mass is 227 g/mol. The van der Waals surface area contributed by atoms with Gasteiger partial charge in [-0.2, -0.15) is 4.68 Å². The summed E-state index contributed by atoms with van der Waals surface area (Å²) in [5.74, 6) is 0.414. The predicted octanol–water partition coefficient (Wildman–Crippen LogP) is 2.20. The van der Waals surface area contributed by atoms with Gasteiger partial charge in [0.25, 0.3) is 0 Å². The third-order valence-corrected chi connectivity index (χ3v) is 2.35. The molecule has 17 heavy (non-hydrogen) atoms. The van der Waals surface area contributed by atoms with Crippen molar-refractivity contribution in [2.45, 2.75) is 0 Å². The van der Waals surface area contributed by atoms with Gasteiger partial charge in [0.1, 0.15) is 12.0 Å². The second kappa shape index (κ2) is 3.79. The van der Waals surface area contributed by atoms with Gasteiger partial charge in [0.05, 0.1) is 6.26 Å². The van der Waals surface area contributed by atoms with E-state index in [-0.39, 0.29) is 5.68 Å². The third kappa shape index (κ3) is 1.67. The van der Waals surface area contributed by atoms with Crippen LogP contribution in [0.2, 0.25) is 0 Å². The number of aromatic nitrogens is 2. The first-order valence-electron chi connectivity index (χ1n) is 5.07. The van der Waals surface area contributed by atoms with Gasteiger partial charge in [-0.25, -0.2) is 5.41 Å². The van der Waals surface area contributed by atoms with E-state index in [1.165, 1.54) is 17.2 Å². The van der Waals surface area contributed by atoms with Crippen LogP contribution in [-0.4, -0.2) is 9.78 Å². The van der Waals surface area contributed by atoms with Crippen LogP contribution in [0.4, 0.5) is 0 Å². The minimum Gasteiger partial charge on any atom is -0.470 e. The first-order valence-corrected chi connectivity index (χ1v) is 5.07. The van der Waals surface area contributed by atoms with E-state index in [2.05, 4.69) is 5.10 Å². The van der Waals surface area contributed by atoms with E-state index in [0.717, 1.165) is 5.56 Å². The van der Waals surface area contributed by atoms with Crippen LogP contribution in [-0.2, 0) is 0 Å². The zero-order chi connectivity index (χ0) is 11.7. The normalized spacial score (nSPS) is 10.6. The number of nitrogens with zero attached hydrogens (tertiary/aromatic N) is 2. The van der Waals surface area contributed by atoms with Crippen LogP contribution >= 0.6 is 0 Å². The lowest BCUT2D eigenvalue weighted by atomic mass is 10.2. The van der Waals surface area contributed by atoms with E-state index >= 15 is 0 Å². The Balaban J connectivity index is 2.11. The van der Waals surface area contributed by atoms with Gasteiger partial charge in [-0.05, 0) is 12.1 Å². The molecule has 0 aliphatic rings. The second-order valence-corrected chi connectivity index (χ2v) is 3.47. The van der Waals surface area contributed by atoms with Gasteiger partial charge in [-0.1, -0.05) is 18.2 Å². The van der Waals surface area contributed by atoms with Crippen LogP contribution in [0.25, 0.3) is 17.1 Å². The van der Waals surface area contributed by atoms with Crippen molar-refractivity contribution in [2.75, 3.05) is 0 Å². The lowest BCUT2D eigenvalue weighted by molar-refractivity contribution is 0.485. The smallest absolute Gasteiger partial charge is 0.317 e. The van der Waals surface area contributed by atoms with Crippen LogP contribution in [0.5, 0.6) is 0 Å². The molecule has 0 saturated heterocycles. The molecule has 0 atom stereocenters. The minimum absolute atomic E-state index is 0.0368. The van der Waals surface area contributed by atoms with E-state index in [1.807, 2.05) is 30.3 Å². The average Bonchev–Trinajstić information content (AvgIpc) is 2.99. The quantitative estimate of drug-likeness (QED) is 0.729. The number of rotatable bonds is 2. The summed E-state index contributed by atoms with van der Waals surface area (Å²) in [4.78, 5) is 0. The Labute approximate surface area is 96.4 Å². The Morgan fingerprint density at radius 2 is 1.94 bits per heavy atom. The molecule has 0 unspecified atom stereocenters. The molecular formula is C12H9N3O2. The molecule has 0 bridgehead atoms. The summed E-state index contributed by atoms with van der Waals surface area (Å²) in [6.07, 6.45) is 3.04. The first kappa shape index (κ1) is 9.65. The van der Waals surface area contributed by atoms with E-state index in [1.54, 1.807) is 6.07 Å². The Morgan fingerprint density at radius 3 is 2.65 bits per heavy atom. The molecule has 0 aliphatic carbocycles. The van der Waals surface area contributed by atoms with Gasteiger partial charge in [0.15, 0.2) is 0 Å². The van der Waals surface area contributed by atoms with Crippen LogP contribution in [0.3, 0.4) is 0 Å². The summed E-state index contributed by atoms with van der Waals surface area (Å²) < 4.78 is 11.6. The summed E-state index contributed by atoms with van der Waals surface area (Å²) >= 11 is 0. The third-order valence-electron chi connectivity index (χ3n) is 2.35. The van der Waals surface area contributed by atoms with E-state index in [9.17, 15) is 0 Å². The van der Waals surface area contributed by atoms with Crippen molar-refractivity contribution in [3.05, 3.63) is 54.6 Å². The Morgan fingerprint density at radius 1 is 1.12 bits per heavy atom. The van der Waals surface area contributed by atoms with E-state index < -0.39 is 0 Å². The maximum atomic E-state index is 7.71. The number of nitrogens with one attached hydrogen (secondary N) is 1. The Bertz CT molecular complexity index is 665. The number of hydrogen-bond acceptors (Lipinski definition) is 4. The summed E-state index contributed by atoms with van der Waals surface area (Å²) in [5, 5.41) is 11.9. The molecule has 5 heteroatoms. The largest absolute Gasteiger partial charge is 0.470 e. The molecule has 2 aromatic heterocycles. The van der Waals surface area contributed by atoms with Gasteiger partial charge < -0.3 is 8.83 Å². The van der Waals surface area contributed by atoms with Crippen molar-refractivity contribution in [2.24, 2.45) is 0 Å².